The molecule has 2 aromatic carbocycles. The Balaban J connectivity index is 1.45. The summed E-state index contributed by atoms with van der Waals surface area (Å²) >= 11 is 0. The maximum absolute atomic E-state index is 12.6. The van der Waals surface area contributed by atoms with E-state index in [2.05, 4.69) is 4.90 Å². The minimum atomic E-state index is 0.168. The highest BCUT2D eigenvalue weighted by Crippen LogP contribution is 2.18. The van der Waals surface area contributed by atoms with Crippen LogP contribution in [0.3, 0.4) is 0 Å². The number of carbonyl (C=O) groups excluding carboxylic acids is 1. The Labute approximate surface area is 166 Å². The zero-order chi connectivity index (χ0) is 19.9. The number of piperazine rings is 1. The molecular formula is C22H30N3O3+. The number of amides is 1. The lowest BCUT2D eigenvalue weighted by atomic mass is 10.2. The van der Waals surface area contributed by atoms with Crippen LogP contribution < -0.4 is 14.5 Å². The number of phenols is 1. The molecule has 0 aliphatic carbocycles. The van der Waals surface area contributed by atoms with Gasteiger partial charge >= 0.3 is 0 Å². The SMILES string of the molecule is CCOc1ccc(CN(C)C(=O)C[NH+]2CCN(c3ccc(O)cc3)CC2)cc1. The van der Waals surface area contributed by atoms with Crippen LogP contribution in [0.4, 0.5) is 5.69 Å². The third-order valence-electron chi connectivity index (χ3n) is 5.17. The summed E-state index contributed by atoms with van der Waals surface area (Å²) in [6.45, 7) is 7.45. The maximum atomic E-state index is 12.6. The van der Waals surface area contributed by atoms with Crippen molar-refractivity contribution in [1.29, 1.82) is 0 Å². The van der Waals surface area contributed by atoms with Crippen molar-refractivity contribution in [3.05, 3.63) is 54.1 Å². The average Bonchev–Trinajstić information content (AvgIpc) is 2.71. The van der Waals surface area contributed by atoms with Crippen molar-refractivity contribution in [2.45, 2.75) is 13.5 Å². The monoisotopic (exact) mass is 384 g/mol. The van der Waals surface area contributed by atoms with Crippen molar-refractivity contribution < 1.29 is 19.5 Å². The second-order valence-electron chi connectivity index (χ2n) is 7.26. The fourth-order valence-corrected chi connectivity index (χ4v) is 3.49. The van der Waals surface area contributed by atoms with Crippen LogP contribution >= 0.6 is 0 Å². The predicted molar refractivity (Wildman–Crippen MR) is 110 cm³/mol. The van der Waals surface area contributed by atoms with Gasteiger partial charge in [0.05, 0.1) is 32.8 Å². The largest absolute Gasteiger partial charge is 0.508 e. The summed E-state index contributed by atoms with van der Waals surface area (Å²) in [6, 6.07) is 15.2. The van der Waals surface area contributed by atoms with Gasteiger partial charge in [0.15, 0.2) is 6.54 Å². The van der Waals surface area contributed by atoms with Gasteiger partial charge in [0.1, 0.15) is 11.5 Å². The number of benzene rings is 2. The number of nitrogens with zero attached hydrogens (tertiary/aromatic N) is 2. The molecule has 6 heteroatoms. The highest BCUT2D eigenvalue weighted by atomic mass is 16.5. The minimum Gasteiger partial charge on any atom is -0.508 e. The van der Waals surface area contributed by atoms with Gasteiger partial charge in [0.2, 0.25) is 0 Å². The Hall–Kier alpha value is -2.73. The molecule has 0 bridgehead atoms. The first-order valence-corrected chi connectivity index (χ1v) is 9.88. The lowest BCUT2D eigenvalue weighted by molar-refractivity contribution is -0.892. The third kappa shape index (κ3) is 5.39. The summed E-state index contributed by atoms with van der Waals surface area (Å²) < 4.78 is 5.46. The number of quaternary nitrogens is 1. The zero-order valence-electron chi connectivity index (χ0n) is 16.7. The Bertz CT molecular complexity index is 754. The molecule has 0 saturated carbocycles. The molecule has 1 amide bonds. The number of ether oxygens (including phenoxy) is 1. The molecule has 1 saturated heterocycles. The Morgan fingerprint density at radius 2 is 1.75 bits per heavy atom. The third-order valence-corrected chi connectivity index (χ3v) is 5.17. The minimum absolute atomic E-state index is 0.168. The Kier molecular flexibility index (Phi) is 6.76. The number of phenolic OH excluding ortho intramolecular Hbond substituents is 1. The molecular weight excluding hydrogens is 354 g/mol. The smallest absolute Gasteiger partial charge is 0.277 e. The number of aromatic hydroxyl groups is 1. The first-order valence-electron chi connectivity index (χ1n) is 9.88. The van der Waals surface area contributed by atoms with Crippen molar-refractivity contribution in [3.63, 3.8) is 0 Å². The van der Waals surface area contributed by atoms with E-state index in [0.29, 0.717) is 19.7 Å². The van der Waals surface area contributed by atoms with Gasteiger partial charge in [-0.15, -0.1) is 0 Å². The van der Waals surface area contributed by atoms with E-state index in [-0.39, 0.29) is 11.7 Å². The molecule has 0 spiro atoms. The van der Waals surface area contributed by atoms with E-state index in [0.717, 1.165) is 43.2 Å². The predicted octanol–water partition coefficient (Wildman–Crippen LogP) is 1.15. The molecule has 1 aliphatic rings. The molecule has 1 fully saturated rings. The molecule has 0 atom stereocenters. The number of hydrogen-bond donors (Lipinski definition) is 2. The lowest BCUT2D eigenvalue weighted by Gasteiger charge is -2.34. The molecule has 1 aliphatic heterocycles. The van der Waals surface area contributed by atoms with Crippen molar-refractivity contribution in [1.82, 2.24) is 4.90 Å². The number of carbonyl (C=O) groups is 1. The molecule has 150 valence electrons. The highest BCUT2D eigenvalue weighted by Gasteiger charge is 2.23. The number of hydrogen-bond acceptors (Lipinski definition) is 4. The molecule has 2 aromatic rings. The van der Waals surface area contributed by atoms with Crippen LogP contribution in [0, 0.1) is 0 Å². The summed E-state index contributed by atoms with van der Waals surface area (Å²) in [4.78, 5) is 18.0. The van der Waals surface area contributed by atoms with Crippen LogP contribution in [-0.4, -0.2) is 62.3 Å². The topological polar surface area (TPSA) is 57.5 Å². The van der Waals surface area contributed by atoms with Crippen molar-refractivity contribution in [3.8, 4) is 11.5 Å². The fourth-order valence-electron chi connectivity index (χ4n) is 3.49. The molecule has 0 unspecified atom stereocenters. The standard InChI is InChI=1S/C22H29N3O3/c1-3-28-21-10-4-18(5-11-21)16-23(2)22(27)17-24-12-14-25(15-13-24)19-6-8-20(26)9-7-19/h4-11,26H,3,12-17H2,1-2H3/p+1. The number of nitrogens with one attached hydrogen (secondary N) is 1. The number of anilines is 1. The zero-order valence-corrected chi connectivity index (χ0v) is 16.7. The van der Waals surface area contributed by atoms with Gasteiger partial charge in [0.25, 0.3) is 5.91 Å². The number of likely N-dealkylation sites (N-methyl/N-ethyl adjacent to an activating group) is 1. The average molecular weight is 385 g/mol. The summed E-state index contributed by atoms with van der Waals surface area (Å²) in [7, 11) is 1.87. The van der Waals surface area contributed by atoms with Crippen molar-refractivity contribution in [2.24, 2.45) is 0 Å². The van der Waals surface area contributed by atoms with Gasteiger partial charge in [-0.1, -0.05) is 12.1 Å². The molecule has 0 radical (unpaired) electrons. The first-order chi connectivity index (χ1) is 13.5. The van der Waals surface area contributed by atoms with Crippen LogP contribution in [0.25, 0.3) is 0 Å². The van der Waals surface area contributed by atoms with Crippen LogP contribution in [0.2, 0.25) is 0 Å². The van der Waals surface area contributed by atoms with E-state index in [1.54, 1.807) is 17.0 Å². The Morgan fingerprint density at radius 1 is 1.11 bits per heavy atom. The van der Waals surface area contributed by atoms with Gasteiger partial charge in [-0.25, -0.2) is 0 Å². The van der Waals surface area contributed by atoms with E-state index >= 15 is 0 Å². The van der Waals surface area contributed by atoms with E-state index in [1.165, 1.54) is 4.90 Å². The molecule has 1 heterocycles. The quantitative estimate of drug-likeness (QED) is 0.752. The first kappa shape index (κ1) is 20.0. The lowest BCUT2D eigenvalue weighted by Crippen LogP contribution is -3.15. The van der Waals surface area contributed by atoms with Crippen LogP contribution in [0.5, 0.6) is 11.5 Å². The summed E-state index contributed by atoms with van der Waals surface area (Å²) in [5.41, 5.74) is 2.22. The maximum Gasteiger partial charge on any atom is 0.277 e. The fraction of sp³-hybridized carbons (Fsp3) is 0.409. The summed E-state index contributed by atoms with van der Waals surface area (Å²) in [5.74, 6) is 1.31. The molecule has 2 N–H and O–H groups in total. The van der Waals surface area contributed by atoms with E-state index in [1.807, 2.05) is 50.4 Å². The van der Waals surface area contributed by atoms with Crippen molar-refractivity contribution >= 4 is 11.6 Å². The van der Waals surface area contributed by atoms with Gasteiger partial charge in [-0.3, -0.25) is 4.79 Å². The number of rotatable bonds is 7. The second kappa shape index (κ2) is 9.46. The molecule has 3 rings (SSSR count). The summed E-state index contributed by atoms with van der Waals surface area (Å²) in [6.07, 6.45) is 0. The highest BCUT2D eigenvalue weighted by molar-refractivity contribution is 5.76. The Morgan fingerprint density at radius 3 is 2.36 bits per heavy atom. The normalized spacial score (nSPS) is 14.7. The van der Waals surface area contributed by atoms with Gasteiger partial charge in [-0.2, -0.15) is 0 Å². The molecule has 6 nitrogen and oxygen atoms in total. The van der Waals surface area contributed by atoms with Crippen LogP contribution in [-0.2, 0) is 11.3 Å². The second-order valence-corrected chi connectivity index (χ2v) is 7.26. The summed E-state index contributed by atoms with van der Waals surface area (Å²) in [5, 5.41) is 9.42. The van der Waals surface area contributed by atoms with E-state index in [4.69, 9.17) is 4.74 Å². The van der Waals surface area contributed by atoms with Gasteiger partial charge in [-0.05, 0) is 48.9 Å². The van der Waals surface area contributed by atoms with Crippen LogP contribution in [0.15, 0.2) is 48.5 Å². The van der Waals surface area contributed by atoms with Crippen molar-refractivity contribution in [2.75, 3.05) is 51.3 Å². The van der Waals surface area contributed by atoms with Gasteiger partial charge in [0, 0.05) is 19.3 Å². The van der Waals surface area contributed by atoms with E-state index < -0.39 is 0 Å². The molecule has 0 aromatic heterocycles. The van der Waals surface area contributed by atoms with E-state index in [9.17, 15) is 9.90 Å². The van der Waals surface area contributed by atoms with Gasteiger partial charge < -0.3 is 24.5 Å². The molecule has 28 heavy (non-hydrogen) atoms. The van der Waals surface area contributed by atoms with Crippen LogP contribution in [0.1, 0.15) is 12.5 Å².